The Morgan fingerprint density at radius 3 is 2.57 bits per heavy atom. The number of carbonyl (C=O) groups is 2. The van der Waals surface area contributed by atoms with E-state index in [0.717, 1.165) is 17.7 Å². The van der Waals surface area contributed by atoms with E-state index in [1.165, 1.54) is 30.3 Å². The summed E-state index contributed by atoms with van der Waals surface area (Å²) in [6, 6.07) is 10.4. The first-order valence-electron chi connectivity index (χ1n) is 8.57. The van der Waals surface area contributed by atoms with Crippen molar-refractivity contribution in [3.8, 4) is 5.75 Å². The Morgan fingerprint density at radius 1 is 1.14 bits per heavy atom. The van der Waals surface area contributed by atoms with Crippen molar-refractivity contribution in [1.29, 1.82) is 0 Å². The molecule has 0 saturated carbocycles. The molecule has 0 aromatic heterocycles. The van der Waals surface area contributed by atoms with E-state index >= 15 is 0 Å². The Hall–Kier alpha value is -2.97. The number of fused-ring (bicyclic) bond motifs is 1. The van der Waals surface area contributed by atoms with E-state index in [0.29, 0.717) is 12.2 Å². The van der Waals surface area contributed by atoms with Crippen LogP contribution in [0.3, 0.4) is 0 Å². The standard InChI is InChI=1S/C20H19NO6S/c1-2-10-21-28(24,25)17-6-3-14(4-7-17)20(23)27-13-18(22)15-5-8-19-16(12-15)9-11-26-19/h2-8,12,21H,1,9-11,13H2. The third-order valence-electron chi connectivity index (χ3n) is 4.16. The number of ether oxygens (including phenoxy) is 2. The number of esters is 1. The van der Waals surface area contributed by atoms with Crippen LogP contribution in [0.5, 0.6) is 5.75 Å². The Kier molecular flexibility index (Phi) is 5.91. The summed E-state index contributed by atoms with van der Waals surface area (Å²) in [6.45, 7) is 3.74. The first-order chi connectivity index (χ1) is 13.4. The molecular weight excluding hydrogens is 382 g/mol. The number of rotatable bonds is 8. The normalized spacial score (nSPS) is 12.7. The highest BCUT2D eigenvalue weighted by Gasteiger charge is 2.18. The highest BCUT2D eigenvalue weighted by atomic mass is 32.2. The molecule has 1 aliphatic rings. The minimum absolute atomic E-state index is 0.0161. The molecule has 0 aliphatic carbocycles. The highest BCUT2D eigenvalue weighted by molar-refractivity contribution is 7.89. The number of benzene rings is 2. The van der Waals surface area contributed by atoms with E-state index in [-0.39, 0.29) is 22.8 Å². The van der Waals surface area contributed by atoms with E-state index in [2.05, 4.69) is 11.3 Å². The minimum Gasteiger partial charge on any atom is -0.493 e. The van der Waals surface area contributed by atoms with Crippen molar-refractivity contribution in [3.05, 3.63) is 71.8 Å². The molecule has 8 heteroatoms. The number of hydrogen-bond acceptors (Lipinski definition) is 6. The van der Waals surface area contributed by atoms with Gasteiger partial charge in [0.25, 0.3) is 0 Å². The molecule has 0 atom stereocenters. The van der Waals surface area contributed by atoms with Gasteiger partial charge in [0.15, 0.2) is 12.4 Å². The van der Waals surface area contributed by atoms with Gasteiger partial charge in [-0.25, -0.2) is 17.9 Å². The van der Waals surface area contributed by atoms with Gasteiger partial charge in [-0.2, -0.15) is 0 Å². The molecule has 0 bridgehead atoms. The molecule has 1 aliphatic heterocycles. The molecule has 0 unspecified atom stereocenters. The predicted molar refractivity (Wildman–Crippen MR) is 102 cm³/mol. The maximum atomic E-state index is 12.3. The van der Waals surface area contributed by atoms with Gasteiger partial charge in [-0.15, -0.1) is 6.58 Å². The SMILES string of the molecule is C=CCNS(=O)(=O)c1ccc(C(=O)OCC(=O)c2ccc3c(c2)CCO3)cc1. The fraction of sp³-hybridized carbons (Fsp3) is 0.200. The molecule has 0 spiro atoms. The lowest BCUT2D eigenvalue weighted by Crippen LogP contribution is -2.23. The molecule has 2 aromatic carbocycles. The first-order valence-corrected chi connectivity index (χ1v) is 10.1. The van der Waals surface area contributed by atoms with Crippen LogP contribution >= 0.6 is 0 Å². The molecule has 0 radical (unpaired) electrons. The Bertz CT molecular complexity index is 1010. The van der Waals surface area contributed by atoms with Crippen LogP contribution in [0.1, 0.15) is 26.3 Å². The van der Waals surface area contributed by atoms with E-state index in [1.54, 1.807) is 18.2 Å². The second kappa shape index (κ2) is 8.37. The van der Waals surface area contributed by atoms with Gasteiger partial charge in [0.1, 0.15) is 5.75 Å². The van der Waals surface area contributed by atoms with Gasteiger partial charge in [-0.3, -0.25) is 4.79 Å². The molecule has 28 heavy (non-hydrogen) atoms. The number of carbonyl (C=O) groups excluding carboxylic acids is 2. The quantitative estimate of drug-likeness (QED) is 0.413. The van der Waals surface area contributed by atoms with E-state index in [4.69, 9.17) is 9.47 Å². The number of hydrogen-bond donors (Lipinski definition) is 1. The van der Waals surface area contributed by atoms with Crippen molar-refractivity contribution in [2.45, 2.75) is 11.3 Å². The van der Waals surface area contributed by atoms with Gasteiger partial charge in [0.2, 0.25) is 10.0 Å². The monoisotopic (exact) mass is 401 g/mol. The summed E-state index contributed by atoms with van der Waals surface area (Å²) in [5.74, 6) is -0.261. The van der Waals surface area contributed by atoms with Gasteiger partial charge in [-0.05, 0) is 48.0 Å². The molecule has 1 heterocycles. The Balaban J connectivity index is 1.60. The molecule has 7 nitrogen and oxygen atoms in total. The van der Waals surface area contributed by atoms with Crippen LogP contribution in [0.15, 0.2) is 60.0 Å². The number of nitrogens with one attached hydrogen (secondary N) is 1. The van der Waals surface area contributed by atoms with Gasteiger partial charge < -0.3 is 9.47 Å². The van der Waals surface area contributed by atoms with Crippen LogP contribution < -0.4 is 9.46 Å². The van der Waals surface area contributed by atoms with Crippen molar-refractivity contribution < 1.29 is 27.5 Å². The molecule has 3 rings (SSSR count). The van der Waals surface area contributed by atoms with Crippen LogP contribution in [0, 0.1) is 0 Å². The molecule has 1 N–H and O–H groups in total. The molecule has 2 aromatic rings. The van der Waals surface area contributed by atoms with Gasteiger partial charge in [0.05, 0.1) is 17.1 Å². The van der Waals surface area contributed by atoms with Crippen LogP contribution in [0.25, 0.3) is 0 Å². The van der Waals surface area contributed by atoms with Crippen LogP contribution in [0.2, 0.25) is 0 Å². The van der Waals surface area contributed by atoms with Gasteiger partial charge >= 0.3 is 5.97 Å². The molecule has 0 saturated heterocycles. The maximum Gasteiger partial charge on any atom is 0.338 e. The second-order valence-electron chi connectivity index (χ2n) is 6.09. The second-order valence-corrected chi connectivity index (χ2v) is 7.85. The van der Waals surface area contributed by atoms with Crippen LogP contribution in [-0.2, 0) is 21.2 Å². The average molecular weight is 401 g/mol. The van der Waals surface area contributed by atoms with Crippen LogP contribution in [0.4, 0.5) is 0 Å². The van der Waals surface area contributed by atoms with Crippen molar-refractivity contribution in [3.63, 3.8) is 0 Å². The summed E-state index contributed by atoms with van der Waals surface area (Å²) >= 11 is 0. The van der Waals surface area contributed by atoms with Gasteiger partial charge in [-0.1, -0.05) is 6.08 Å². The fourth-order valence-corrected chi connectivity index (χ4v) is 3.68. The van der Waals surface area contributed by atoms with E-state index in [9.17, 15) is 18.0 Å². The third kappa shape index (κ3) is 4.47. The predicted octanol–water partition coefficient (Wildman–Crippen LogP) is 2.13. The summed E-state index contributed by atoms with van der Waals surface area (Å²) in [5, 5.41) is 0. The fourth-order valence-electron chi connectivity index (χ4n) is 2.68. The zero-order valence-corrected chi connectivity index (χ0v) is 15.8. The topological polar surface area (TPSA) is 98.8 Å². The van der Waals surface area contributed by atoms with E-state index < -0.39 is 22.6 Å². The number of Topliss-reactive ketones (excluding diaryl/α,β-unsaturated/α-hetero) is 1. The first kappa shape index (κ1) is 19.8. The smallest absolute Gasteiger partial charge is 0.338 e. The lowest BCUT2D eigenvalue weighted by atomic mass is 10.1. The van der Waals surface area contributed by atoms with Gasteiger partial charge in [0, 0.05) is 18.5 Å². The Labute approximate surface area is 163 Å². The van der Waals surface area contributed by atoms with Crippen LogP contribution in [-0.4, -0.2) is 39.9 Å². The Morgan fingerprint density at radius 2 is 1.86 bits per heavy atom. The summed E-state index contributed by atoms with van der Waals surface area (Å²) in [6.07, 6.45) is 2.17. The summed E-state index contributed by atoms with van der Waals surface area (Å²) in [4.78, 5) is 24.4. The van der Waals surface area contributed by atoms with E-state index in [1.807, 2.05) is 0 Å². The van der Waals surface area contributed by atoms with Crippen molar-refractivity contribution in [2.75, 3.05) is 19.8 Å². The average Bonchev–Trinajstić information content (AvgIpc) is 3.18. The lowest BCUT2D eigenvalue weighted by Gasteiger charge is -2.07. The molecule has 0 amide bonds. The highest BCUT2D eigenvalue weighted by Crippen LogP contribution is 2.26. The number of sulfonamides is 1. The largest absolute Gasteiger partial charge is 0.493 e. The van der Waals surface area contributed by atoms with Crippen molar-refractivity contribution >= 4 is 21.8 Å². The molecule has 0 fully saturated rings. The zero-order chi connectivity index (χ0) is 20.1. The van der Waals surface area contributed by atoms with Crippen molar-refractivity contribution in [2.24, 2.45) is 0 Å². The maximum absolute atomic E-state index is 12.3. The summed E-state index contributed by atoms with van der Waals surface area (Å²) in [7, 11) is -3.67. The number of ketones is 1. The minimum atomic E-state index is -3.67. The third-order valence-corrected chi connectivity index (χ3v) is 5.60. The molecule has 146 valence electrons. The lowest BCUT2D eigenvalue weighted by molar-refractivity contribution is 0.0474. The summed E-state index contributed by atoms with van der Waals surface area (Å²) in [5.41, 5.74) is 1.56. The van der Waals surface area contributed by atoms with Crippen molar-refractivity contribution in [1.82, 2.24) is 4.72 Å². The zero-order valence-electron chi connectivity index (χ0n) is 15.0. The summed E-state index contributed by atoms with van der Waals surface area (Å²) < 4.78 is 36.8. The molecular formula is C20H19NO6S.